The zero-order chi connectivity index (χ0) is 17.0. The Kier molecular flexibility index (Phi) is 5.59. The predicted molar refractivity (Wildman–Crippen MR) is 90.9 cm³/mol. The van der Waals surface area contributed by atoms with Crippen molar-refractivity contribution < 1.29 is 4.79 Å². The van der Waals surface area contributed by atoms with Crippen LogP contribution >= 0.6 is 11.8 Å². The van der Waals surface area contributed by atoms with Crippen LogP contribution in [0.1, 0.15) is 30.4 Å². The van der Waals surface area contributed by atoms with Crippen molar-refractivity contribution in [1.82, 2.24) is 19.7 Å². The van der Waals surface area contributed by atoms with Gasteiger partial charge in [-0.05, 0) is 20.3 Å². The number of anilines is 1. The van der Waals surface area contributed by atoms with Gasteiger partial charge in [0.25, 0.3) is 5.56 Å². The second-order valence-electron chi connectivity index (χ2n) is 5.30. The van der Waals surface area contributed by atoms with Gasteiger partial charge in [-0.15, -0.1) is 0 Å². The van der Waals surface area contributed by atoms with Crippen LogP contribution in [-0.2, 0) is 18.3 Å². The molecule has 2 aromatic rings. The first-order chi connectivity index (χ1) is 10.9. The minimum absolute atomic E-state index is 0.155. The number of H-pyrrole nitrogens is 1. The van der Waals surface area contributed by atoms with Gasteiger partial charge >= 0.3 is 0 Å². The number of rotatable bonds is 6. The highest BCUT2D eigenvalue weighted by molar-refractivity contribution is 7.99. The lowest BCUT2D eigenvalue weighted by Crippen LogP contribution is -2.16. The summed E-state index contributed by atoms with van der Waals surface area (Å²) in [5, 5.41) is 7.59. The van der Waals surface area contributed by atoms with E-state index < -0.39 is 0 Å². The number of nitrogens with zero attached hydrogens (tertiary/aromatic N) is 3. The molecule has 124 valence electrons. The summed E-state index contributed by atoms with van der Waals surface area (Å²) in [6, 6.07) is 1.50. The molecule has 0 spiro atoms. The Balaban J connectivity index is 2.00. The van der Waals surface area contributed by atoms with Crippen LogP contribution in [0, 0.1) is 13.8 Å². The van der Waals surface area contributed by atoms with Crippen LogP contribution in [0.4, 0.5) is 5.69 Å². The first-order valence-electron chi connectivity index (χ1n) is 7.43. The average molecular weight is 335 g/mol. The van der Waals surface area contributed by atoms with E-state index in [0.29, 0.717) is 5.16 Å². The maximum atomic E-state index is 12.1. The van der Waals surface area contributed by atoms with Crippen molar-refractivity contribution in [2.75, 3.05) is 11.1 Å². The van der Waals surface area contributed by atoms with Crippen LogP contribution < -0.4 is 10.9 Å². The summed E-state index contributed by atoms with van der Waals surface area (Å²) in [6.07, 6.45) is 1.67. The highest BCUT2D eigenvalue weighted by Crippen LogP contribution is 2.19. The van der Waals surface area contributed by atoms with Gasteiger partial charge in [0.1, 0.15) is 0 Å². The molecule has 0 aromatic carbocycles. The molecular formula is C15H21N5O2S. The summed E-state index contributed by atoms with van der Waals surface area (Å²) in [6.45, 7) is 5.78. The van der Waals surface area contributed by atoms with Gasteiger partial charge < -0.3 is 10.3 Å². The number of aryl methyl sites for hydroxylation is 3. The van der Waals surface area contributed by atoms with Gasteiger partial charge in [-0.2, -0.15) is 5.10 Å². The summed E-state index contributed by atoms with van der Waals surface area (Å²) in [5.41, 5.74) is 2.97. The second-order valence-corrected chi connectivity index (χ2v) is 6.26. The smallest absolute Gasteiger partial charge is 0.251 e. The number of thioether (sulfide) groups is 1. The highest BCUT2D eigenvalue weighted by Gasteiger charge is 2.13. The summed E-state index contributed by atoms with van der Waals surface area (Å²) < 4.78 is 1.73. The van der Waals surface area contributed by atoms with Gasteiger partial charge in [0.05, 0.1) is 22.8 Å². The predicted octanol–water partition coefficient (Wildman–Crippen LogP) is 1.80. The van der Waals surface area contributed by atoms with E-state index in [1.807, 2.05) is 27.8 Å². The molecule has 23 heavy (non-hydrogen) atoms. The molecule has 0 aliphatic heterocycles. The molecule has 2 heterocycles. The Labute approximate surface area is 138 Å². The number of hydrogen-bond acceptors (Lipinski definition) is 5. The van der Waals surface area contributed by atoms with Crippen molar-refractivity contribution in [3.8, 4) is 0 Å². The third kappa shape index (κ3) is 4.44. The molecule has 2 aromatic heterocycles. The van der Waals surface area contributed by atoms with Crippen molar-refractivity contribution in [2.45, 2.75) is 38.8 Å². The second kappa shape index (κ2) is 7.45. The zero-order valence-electron chi connectivity index (χ0n) is 13.8. The quantitative estimate of drug-likeness (QED) is 0.620. The van der Waals surface area contributed by atoms with Crippen molar-refractivity contribution in [3.05, 3.63) is 33.5 Å². The van der Waals surface area contributed by atoms with E-state index in [-0.39, 0.29) is 17.2 Å². The van der Waals surface area contributed by atoms with E-state index in [1.165, 1.54) is 17.8 Å². The number of hydrogen-bond donors (Lipinski definition) is 2. The van der Waals surface area contributed by atoms with Gasteiger partial charge in [-0.1, -0.05) is 25.1 Å². The summed E-state index contributed by atoms with van der Waals surface area (Å²) >= 11 is 1.21. The number of aromatic amines is 1. The Morgan fingerprint density at radius 2 is 2.17 bits per heavy atom. The molecule has 0 saturated carbocycles. The Morgan fingerprint density at radius 1 is 1.43 bits per heavy atom. The largest absolute Gasteiger partial charge is 0.322 e. The Bertz CT molecular complexity index is 766. The van der Waals surface area contributed by atoms with E-state index >= 15 is 0 Å². The lowest BCUT2D eigenvalue weighted by atomic mass is 10.2. The van der Waals surface area contributed by atoms with Gasteiger partial charge in [-0.3, -0.25) is 14.3 Å². The van der Waals surface area contributed by atoms with Gasteiger partial charge in [0, 0.05) is 18.8 Å². The molecule has 0 bridgehead atoms. The van der Waals surface area contributed by atoms with E-state index in [1.54, 1.807) is 4.68 Å². The van der Waals surface area contributed by atoms with Crippen LogP contribution in [0.25, 0.3) is 0 Å². The minimum atomic E-state index is -0.190. The number of carbonyl (C=O) groups excluding carboxylic acids is 1. The molecule has 0 radical (unpaired) electrons. The summed E-state index contributed by atoms with van der Waals surface area (Å²) in [7, 11) is 1.83. The summed E-state index contributed by atoms with van der Waals surface area (Å²) in [4.78, 5) is 30.7. The van der Waals surface area contributed by atoms with Crippen molar-refractivity contribution in [1.29, 1.82) is 0 Å². The topological polar surface area (TPSA) is 92.7 Å². The number of carbonyl (C=O) groups is 1. The Morgan fingerprint density at radius 3 is 2.78 bits per heavy atom. The van der Waals surface area contributed by atoms with E-state index in [2.05, 4.69) is 20.4 Å². The zero-order valence-corrected chi connectivity index (χ0v) is 14.6. The molecule has 0 fully saturated rings. The molecule has 0 aliphatic carbocycles. The van der Waals surface area contributed by atoms with E-state index in [0.717, 1.165) is 35.6 Å². The molecular weight excluding hydrogens is 314 g/mol. The standard InChI is InChI=1S/C15H21N5O2S/c1-5-6-11-7-12(21)18-15(16-11)23-8-13(22)17-14-9(2)19-20(4)10(14)3/h7H,5-6,8H2,1-4H3,(H,17,22)(H,16,18,21). The third-order valence-electron chi connectivity index (χ3n) is 3.39. The summed E-state index contributed by atoms with van der Waals surface area (Å²) in [5.74, 6) is 0.0180. The van der Waals surface area contributed by atoms with Crippen molar-refractivity contribution in [2.24, 2.45) is 7.05 Å². The fraction of sp³-hybridized carbons (Fsp3) is 0.467. The molecule has 7 nitrogen and oxygen atoms in total. The van der Waals surface area contributed by atoms with Crippen molar-refractivity contribution in [3.63, 3.8) is 0 Å². The molecule has 2 rings (SSSR count). The van der Waals surface area contributed by atoms with Gasteiger partial charge in [-0.25, -0.2) is 4.98 Å². The maximum Gasteiger partial charge on any atom is 0.251 e. The molecule has 0 atom stereocenters. The fourth-order valence-corrected chi connectivity index (χ4v) is 2.89. The average Bonchev–Trinajstić information content (AvgIpc) is 2.71. The molecule has 1 amide bonds. The normalized spacial score (nSPS) is 10.8. The minimum Gasteiger partial charge on any atom is -0.322 e. The molecule has 2 N–H and O–H groups in total. The number of amides is 1. The van der Waals surface area contributed by atoms with Crippen LogP contribution in [0.15, 0.2) is 16.0 Å². The number of nitrogens with one attached hydrogen (secondary N) is 2. The van der Waals surface area contributed by atoms with Gasteiger partial charge in [0.2, 0.25) is 5.91 Å². The SMILES string of the molecule is CCCc1cc(=O)[nH]c(SCC(=O)Nc2c(C)nn(C)c2C)n1. The Hall–Kier alpha value is -2.09. The highest BCUT2D eigenvalue weighted by atomic mass is 32.2. The maximum absolute atomic E-state index is 12.1. The molecule has 0 saturated heterocycles. The molecule has 0 aliphatic rings. The lowest BCUT2D eigenvalue weighted by molar-refractivity contribution is -0.113. The van der Waals surface area contributed by atoms with Crippen LogP contribution in [-0.4, -0.2) is 31.4 Å². The lowest BCUT2D eigenvalue weighted by Gasteiger charge is -2.06. The van der Waals surface area contributed by atoms with Crippen LogP contribution in [0.2, 0.25) is 0 Å². The van der Waals surface area contributed by atoms with E-state index in [9.17, 15) is 9.59 Å². The van der Waals surface area contributed by atoms with E-state index in [4.69, 9.17) is 0 Å². The first kappa shape index (κ1) is 17.3. The van der Waals surface area contributed by atoms with Crippen molar-refractivity contribution >= 4 is 23.4 Å². The first-order valence-corrected chi connectivity index (χ1v) is 8.42. The van der Waals surface area contributed by atoms with Crippen LogP contribution in [0.3, 0.4) is 0 Å². The fourth-order valence-electron chi connectivity index (χ4n) is 2.20. The molecule has 0 unspecified atom stereocenters. The van der Waals surface area contributed by atoms with Gasteiger partial charge in [0.15, 0.2) is 5.16 Å². The van der Waals surface area contributed by atoms with Crippen LogP contribution in [0.5, 0.6) is 0 Å². The third-order valence-corrected chi connectivity index (χ3v) is 4.27. The number of aromatic nitrogens is 4. The monoisotopic (exact) mass is 335 g/mol. The molecule has 8 heteroatoms.